The summed E-state index contributed by atoms with van der Waals surface area (Å²) in [6, 6.07) is 0. The summed E-state index contributed by atoms with van der Waals surface area (Å²) >= 11 is 0. The fourth-order valence-electron chi connectivity index (χ4n) is 8.23. The first kappa shape index (κ1) is 59.4. The van der Waals surface area contributed by atoms with Gasteiger partial charge >= 0.3 is 17.9 Å². The van der Waals surface area contributed by atoms with Crippen molar-refractivity contribution in [3.8, 4) is 0 Å². The van der Waals surface area contributed by atoms with Gasteiger partial charge < -0.3 is 14.2 Å². The Morgan fingerprint density at radius 1 is 0.328 bits per heavy atom. The van der Waals surface area contributed by atoms with Crippen LogP contribution >= 0.6 is 0 Å². The van der Waals surface area contributed by atoms with Gasteiger partial charge in [-0.25, -0.2) is 0 Å². The summed E-state index contributed by atoms with van der Waals surface area (Å²) in [6.45, 7) is 13.8. The van der Waals surface area contributed by atoms with Crippen LogP contribution in [0.4, 0.5) is 0 Å². The molecule has 0 rings (SSSR count). The van der Waals surface area contributed by atoms with Crippen LogP contribution in [0.5, 0.6) is 0 Å². The number of carbonyl (C=O) groups excluding carboxylic acids is 3. The van der Waals surface area contributed by atoms with Gasteiger partial charge in [0.1, 0.15) is 13.2 Å². The molecule has 61 heavy (non-hydrogen) atoms. The summed E-state index contributed by atoms with van der Waals surface area (Å²) < 4.78 is 16.8. The van der Waals surface area contributed by atoms with E-state index < -0.39 is 6.10 Å². The zero-order valence-electron chi connectivity index (χ0n) is 42.0. The van der Waals surface area contributed by atoms with E-state index in [0.717, 1.165) is 75.5 Å². The molecule has 0 heterocycles. The van der Waals surface area contributed by atoms with Crippen LogP contribution < -0.4 is 0 Å². The van der Waals surface area contributed by atoms with Crippen molar-refractivity contribution in [1.82, 2.24) is 0 Å². The molecule has 0 amide bonds. The minimum Gasteiger partial charge on any atom is -0.462 e. The van der Waals surface area contributed by atoms with Crippen molar-refractivity contribution in [1.29, 1.82) is 0 Å². The molecule has 0 fully saturated rings. The number of hydrogen-bond acceptors (Lipinski definition) is 6. The quantitative estimate of drug-likeness (QED) is 0.0344. The van der Waals surface area contributed by atoms with Crippen LogP contribution in [0.3, 0.4) is 0 Å². The number of esters is 3. The fourth-order valence-corrected chi connectivity index (χ4v) is 8.23. The molecule has 0 N–H and O–H groups in total. The van der Waals surface area contributed by atoms with Gasteiger partial charge in [0.15, 0.2) is 6.10 Å². The van der Waals surface area contributed by atoms with Crippen molar-refractivity contribution in [2.24, 2.45) is 17.8 Å². The van der Waals surface area contributed by atoms with Gasteiger partial charge in [-0.1, -0.05) is 260 Å². The molecule has 0 aromatic rings. The van der Waals surface area contributed by atoms with Crippen molar-refractivity contribution >= 4 is 17.9 Å². The smallest absolute Gasteiger partial charge is 0.306 e. The van der Waals surface area contributed by atoms with Crippen molar-refractivity contribution in [3.05, 3.63) is 0 Å². The molecule has 6 heteroatoms. The first-order chi connectivity index (χ1) is 29.7. The lowest BCUT2D eigenvalue weighted by Crippen LogP contribution is -2.30. The van der Waals surface area contributed by atoms with Gasteiger partial charge in [-0.05, 0) is 37.0 Å². The highest BCUT2D eigenvalue weighted by molar-refractivity contribution is 5.71. The Bertz CT molecular complexity index is 949. The minimum atomic E-state index is -0.763. The second-order valence-electron chi connectivity index (χ2n) is 19.8. The molecule has 0 aromatic carbocycles. The van der Waals surface area contributed by atoms with E-state index in [-0.39, 0.29) is 31.1 Å². The summed E-state index contributed by atoms with van der Waals surface area (Å²) in [4.78, 5) is 38.0. The molecule has 0 aliphatic carbocycles. The van der Waals surface area contributed by atoms with Gasteiger partial charge in [0.25, 0.3) is 0 Å². The SMILES string of the molecule is CCC(C)CCCCCCCCCCCCC(=O)O[C@@H](COC(=O)CCCCCCCCCCCCCCCCC(C)C)COC(=O)CCCCCCCCCCC(C)CC. The van der Waals surface area contributed by atoms with E-state index in [0.29, 0.717) is 19.3 Å². The van der Waals surface area contributed by atoms with Gasteiger partial charge in [0.2, 0.25) is 0 Å². The first-order valence-corrected chi connectivity index (χ1v) is 27.2. The largest absolute Gasteiger partial charge is 0.462 e. The molecular formula is C55H106O6. The normalized spacial score (nSPS) is 13.0. The van der Waals surface area contributed by atoms with E-state index in [4.69, 9.17) is 14.2 Å². The average Bonchev–Trinajstić information content (AvgIpc) is 3.24. The van der Waals surface area contributed by atoms with Crippen molar-refractivity contribution in [2.45, 2.75) is 304 Å². The molecule has 6 nitrogen and oxygen atoms in total. The van der Waals surface area contributed by atoms with Crippen LogP contribution in [0.2, 0.25) is 0 Å². The number of ether oxygens (including phenoxy) is 3. The molecule has 362 valence electrons. The Morgan fingerprint density at radius 3 is 0.852 bits per heavy atom. The zero-order chi connectivity index (χ0) is 44.9. The highest BCUT2D eigenvalue weighted by Crippen LogP contribution is 2.19. The van der Waals surface area contributed by atoms with E-state index in [1.807, 2.05) is 0 Å². The van der Waals surface area contributed by atoms with Gasteiger partial charge in [-0.2, -0.15) is 0 Å². The second kappa shape index (κ2) is 46.4. The minimum absolute atomic E-state index is 0.0645. The van der Waals surface area contributed by atoms with Gasteiger partial charge in [-0.3, -0.25) is 14.4 Å². The molecule has 0 aromatic heterocycles. The van der Waals surface area contributed by atoms with Crippen LogP contribution in [0.1, 0.15) is 298 Å². The van der Waals surface area contributed by atoms with E-state index in [1.54, 1.807) is 0 Å². The highest BCUT2D eigenvalue weighted by Gasteiger charge is 2.19. The predicted molar refractivity (Wildman–Crippen MR) is 261 cm³/mol. The topological polar surface area (TPSA) is 78.9 Å². The molecule has 0 aliphatic heterocycles. The number of rotatable bonds is 48. The molecule has 0 bridgehead atoms. The summed E-state index contributed by atoms with van der Waals surface area (Å²) in [6.07, 6.45) is 46.5. The van der Waals surface area contributed by atoms with Crippen LogP contribution in [0.15, 0.2) is 0 Å². The van der Waals surface area contributed by atoms with Crippen molar-refractivity contribution < 1.29 is 28.6 Å². The number of unbranched alkanes of at least 4 members (excludes halogenated alkanes) is 29. The molecule has 0 radical (unpaired) electrons. The van der Waals surface area contributed by atoms with E-state index >= 15 is 0 Å². The van der Waals surface area contributed by atoms with Crippen LogP contribution in [0, 0.1) is 17.8 Å². The van der Waals surface area contributed by atoms with E-state index in [2.05, 4.69) is 41.5 Å². The predicted octanol–water partition coefficient (Wildman–Crippen LogP) is 17.6. The molecule has 3 atom stereocenters. The Morgan fingerprint density at radius 2 is 0.574 bits per heavy atom. The van der Waals surface area contributed by atoms with Gasteiger partial charge in [0, 0.05) is 19.3 Å². The van der Waals surface area contributed by atoms with E-state index in [1.165, 1.54) is 180 Å². The summed E-state index contributed by atoms with van der Waals surface area (Å²) in [7, 11) is 0. The first-order valence-electron chi connectivity index (χ1n) is 27.2. The maximum Gasteiger partial charge on any atom is 0.306 e. The fraction of sp³-hybridized carbons (Fsp3) is 0.945. The Balaban J connectivity index is 4.31. The Hall–Kier alpha value is -1.59. The lowest BCUT2D eigenvalue weighted by molar-refractivity contribution is -0.167. The maximum absolute atomic E-state index is 12.8. The van der Waals surface area contributed by atoms with Crippen LogP contribution in [-0.2, 0) is 28.6 Å². The lowest BCUT2D eigenvalue weighted by Gasteiger charge is -2.18. The van der Waals surface area contributed by atoms with E-state index in [9.17, 15) is 14.4 Å². The molecular weight excluding hydrogens is 757 g/mol. The zero-order valence-corrected chi connectivity index (χ0v) is 42.0. The third-order valence-corrected chi connectivity index (χ3v) is 13.1. The van der Waals surface area contributed by atoms with Crippen molar-refractivity contribution in [2.75, 3.05) is 13.2 Å². The lowest BCUT2D eigenvalue weighted by atomic mass is 9.99. The summed E-state index contributed by atoms with van der Waals surface area (Å²) in [5.41, 5.74) is 0. The third kappa shape index (κ3) is 46.2. The molecule has 0 aliphatic rings. The monoisotopic (exact) mass is 863 g/mol. The number of hydrogen-bond donors (Lipinski definition) is 0. The summed E-state index contributed by atoms with van der Waals surface area (Å²) in [5, 5.41) is 0. The maximum atomic E-state index is 12.8. The highest BCUT2D eigenvalue weighted by atomic mass is 16.6. The third-order valence-electron chi connectivity index (χ3n) is 13.1. The standard InChI is InChI=1S/C55H106O6/c1-7-50(5)42-36-30-24-18-15-16-20-28-34-40-46-55(58)61-52(48-60-54(57)45-39-33-27-22-21-25-31-37-43-51(6)8-2)47-59-53(56)44-38-32-26-19-14-12-10-9-11-13-17-23-29-35-41-49(3)4/h49-52H,7-48H2,1-6H3/t50?,51?,52-/m0/s1. The Kier molecular flexibility index (Phi) is 45.2. The van der Waals surface area contributed by atoms with Crippen molar-refractivity contribution in [3.63, 3.8) is 0 Å². The molecule has 0 spiro atoms. The molecule has 0 saturated heterocycles. The second-order valence-corrected chi connectivity index (χ2v) is 19.8. The molecule has 2 unspecified atom stereocenters. The number of carbonyl (C=O) groups is 3. The van der Waals surface area contributed by atoms with Crippen LogP contribution in [0.25, 0.3) is 0 Å². The Labute approximate surface area is 380 Å². The average molecular weight is 863 g/mol. The summed E-state index contributed by atoms with van der Waals surface area (Å²) in [5.74, 6) is 1.71. The van der Waals surface area contributed by atoms with Gasteiger partial charge in [-0.15, -0.1) is 0 Å². The molecule has 0 saturated carbocycles. The van der Waals surface area contributed by atoms with Gasteiger partial charge in [0.05, 0.1) is 0 Å². The van der Waals surface area contributed by atoms with Crippen LogP contribution in [-0.4, -0.2) is 37.2 Å².